The first-order valence-electron chi connectivity index (χ1n) is 4.13. The van der Waals surface area contributed by atoms with E-state index in [1.165, 1.54) is 6.08 Å². The molecule has 1 N–H and O–H groups in total. The van der Waals surface area contributed by atoms with Crippen molar-refractivity contribution in [2.45, 2.75) is 32.8 Å². The second-order valence-electron chi connectivity index (χ2n) is 3.45. The molecule has 0 atom stereocenters. The van der Waals surface area contributed by atoms with Crippen molar-refractivity contribution >= 4 is 6.29 Å². The molecular formula is C10H16O3. The van der Waals surface area contributed by atoms with Crippen LogP contribution in [-0.4, -0.2) is 17.1 Å². The summed E-state index contributed by atoms with van der Waals surface area (Å²) in [6.07, 6.45) is 6.56. The lowest BCUT2D eigenvalue weighted by Gasteiger charge is -2.14. The van der Waals surface area contributed by atoms with E-state index < -0.39 is 5.60 Å². The molecule has 0 aromatic rings. The molecule has 0 aliphatic rings. The maximum Gasteiger partial charge on any atom is 0.142 e. The molecule has 0 aliphatic carbocycles. The van der Waals surface area contributed by atoms with Crippen molar-refractivity contribution in [1.82, 2.24) is 0 Å². The summed E-state index contributed by atoms with van der Waals surface area (Å²) in [7, 11) is 0. The molecule has 0 bridgehead atoms. The average Bonchev–Trinajstić information content (AvgIpc) is 2.05. The SMILES string of the molecule is C/C(=C\C=O)C/C=C/C(C)(C)OO. The molecule has 0 radical (unpaired) electrons. The number of allylic oxidation sites excluding steroid dienone is 3. The Labute approximate surface area is 78.6 Å². The highest BCUT2D eigenvalue weighted by atomic mass is 17.1. The standard InChI is InChI=1S/C10H16O3/c1-9(6-8-11)5-4-7-10(2,3)13-12/h4,6-8,12H,5H2,1-3H3/b7-4+,9-6+. The van der Waals surface area contributed by atoms with Gasteiger partial charge >= 0.3 is 0 Å². The smallest absolute Gasteiger partial charge is 0.142 e. The van der Waals surface area contributed by atoms with E-state index in [-0.39, 0.29) is 0 Å². The largest absolute Gasteiger partial charge is 0.299 e. The van der Waals surface area contributed by atoms with Gasteiger partial charge in [0.1, 0.15) is 11.9 Å². The van der Waals surface area contributed by atoms with E-state index in [1.807, 2.05) is 13.0 Å². The highest BCUT2D eigenvalue weighted by Gasteiger charge is 2.12. The van der Waals surface area contributed by atoms with Gasteiger partial charge in [0.25, 0.3) is 0 Å². The van der Waals surface area contributed by atoms with Gasteiger partial charge in [-0.2, -0.15) is 0 Å². The molecule has 0 aromatic carbocycles. The van der Waals surface area contributed by atoms with Gasteiger partial charge in [-0.05, 0) is 33.3 Å². The summed E-state index contributed by atoms with van der Waals surface area (Å²) in [4.78, 5) is 14.3. The van der Waals surface area contributed by atoms with E-state index in [0.717, 1.165) is 11.9 Å². The molecular weight excluding hydrogens is 168 g/mol. The Morgan fingerprint density at radius 3 is 2.62 bits per heavy atom. The molecule has 0 fully saturated rings. The zero-order valence-corrected chi connectivity index (χ0v) is 8.28. The fourth-order valence-electron chi connectivity index (χ4n) is 0.743. The van der Waals surface area contributed by atoms with Crippen LogP contribution < -0.4 is 0 Å². The molecule has 0 rings (SSSR count). The Hall–Kier alpha value is -0.930. The predicted octanol–water partition coefficient (Wildman–Crippen LogP) is 2.35. The first-order chi connectivity index (χ1) is 6.02. The van der Waals surface area contributed by atoms with Crippen LogP contribution in [-0.2, 0) is 9.68 Å². The number of hydrogen-bond acceptors (Lipinski definition) is 3. The highest BCUT2D eigenvalue weighted by Crippen LogP contribution is 2.10. The van der Waals surface area contributed by atoms with E-state index in [4.69, 9.17) is 5.26 Å². The Balaban J connectivity index is 4.01. The predicted molar refractivity (Wildman–Crippen MR) is 51.4 cm³/mol. The molecule has 0 aromatic heterocycles. The van der Waals surface area contributed by atoms with Gasteiger partial charge in [-0.1, -0.05) is 17.7 Å². The average molecular weight is 184 g/mol. The van der Waals surface area contributed by atoms with Crippen LogP contribution in [0.25, 0.3) is 0 Å². The van der Waals surface area contributed by atoms with Crippen molar-refractivity contribution < 1.29 is 14.9 Å². The summed E-state index contributed by atoms with van der Waals surface area (Å²) in [6, 6.07) is 0. The minimum atomic E-state index is -0.665. The zero-order valence-electron chi connectivity index (χ0n) is 8.28. The van der Waals surface area contributed by atoms with Gasteiger partial charge < -0.3 is 0 Å². The monoisotopic (exact) mass is 184 g/mol. The van der Waals surface area contributed by atoms with Gasteiger partial charge in [0.2, 0.25) is 0 Å². The number of aldehydes is 1. The van der Waals surface area contributed by atoms with Crippen molar-refractivity contribution in [3.8, 4) is 0 Å². The fraction of sp³-hybridized carbons (Fsp3) is 0.500. The van der Waals surface area contributed by atoms with E-state index in [9.17, 15) is 4.79 Å². The summed E-state index contributed by atoms with van der Waals surface area (Å²) in [5, 5.41) is 8.44. The van der Waals surface area contributed by atoms with Crippen LogP contribution in [0.2, 0.25) is 0 Å². The molecule has 13 heavy (non-hydrogen) atoms. The molecule has 74 valence electrons. The molecule has 0 spiro atoms. The normalized spacial score (nSPS) is 13.7. The third kappa shape index (κ3) is 6.25. The molecule has 3 nitrogen and oxygen atoms in total. The minimum Gasteiger partial charge on any atom is -0.299 e. The summed E-state index contributed by atoms with van der Waals surface area (Å²) >= 11 is 0. The zero-order chi connectivity index (χ0) is 10.3. The van der Waals surface area contributed by atoms with Gasteiger partial charge in [-0.15, -0.1) is 0 Å². The maximum atomic E-state index is 10.1. The van der Waals surface area contributed by atoms with E-state index in [2.05, 4.69) is 4.89 Å². The summed E-state index contributed by atoms with van der Waals surface area (Å²) in [6.45, 7) is 5.34. The van der Waals surface area contributed by atoms with Crippen molar-refractivity contribution in [2.24, 2.45) is 0 Å². The molecule has 3 heteroatoms. The van der Waals surface area contributed by atoms with Gasteiger partial charge in [0.15, 0.2) is 0 Å². The highest BCUT2D eigenvalue weighted by molar-refractivity contribution is 5.65. The number of rotatable bonds is 5. The molecule has 0 amide bonds. The lowest BCUT2D eigenvalue weighted by molar-refractivity contribution is -0.297. The van der Waals surface area contributed by atoms with E-state index >= 15 is 0 Å². The first-order valence-corrected chi connectivity index (χ1v) is 4.13. The lowest BCUT2D eigenvalue weighted by atomic mass is 10.1. The molecule has 0 heterocycles. The summed E-state index contributed by atoms with van der Waals surface area (Å²) in [5.41, 5.74) is 0.307. The van der Waals surface area contributed by atoms with Crippen LogP contribution in [0, 0.1) is 0 Å². The quantitative estimate of drug-likeness (QED) is 0.234. The Morgan fingerprint density at radius 1 is 1.54 bits per heavy atom. The fourth-order valence-corrected chi connectivity index (χ4v) is 0.743. The molecule has 0 saturated heterocycles. The minimum absolute atomic E-state index is 0.665. The van der Waals surface area contributed by atoms with Crippen LogP contribution in [0.1, 0.15) is 27.2 Å². The Morgan fingerprint density at radius 2 is 2.15 bits per heavy atom. The van der Waals surface area contributed by atoms with Gasteiger partial charge in [-0.25, -0.2) is 4.89 Å². The van der Waals surface area contributed by atoms with Gasteiger partial charge in [0.05, 0.1) is 0 Å². The van der Waals surface area contributed by atoms with Crippen molar-refractivity contribution in [1.29, 1.82) is 0 Å². The van der Waals surface area contributed by atoms with Gasteiger partial charge in [0, 0.05) is 0 Å². The van der Waals surface area contributed by atoms with E-state index in [0.29, 0.717) is 6.42 Å². The maximum absolute atomic E-state index is 10.1. The van der Waals surface area contributed by atoms with Crippen LogP contribution in [0.15, 0.2) is 23.8 Å². The van der Waals surface area contributed by atoms with E-state index in [1.54, 1.807) is 19.9 Å². The van der Waals surface area contributed by atoms with Crippen molar-refractivity contribution in [2.75, 3.05) is 0 Å². The first kappa shape index (κ1) is 12.1. The van der Waals surface area contributed by atoms with Gasteiger partial charge in [-0.3, -0.25) is 10.1 Å². The topological polar surface area (TPSA) is 46.5 Å². The number of carbonyl (C=O) groups is 1. The van der Waals surface area contributed by atoms with Crippen molar-refractivity contribution in [3.63, 3.8) is 0 Å². The molecule has 0 unspecified atom stereocenters. The summed E-state index contributed by atoms with van der Waals surface area (Å²) in [5.74, 6) is 0. The van der Waals surface area contributed by atoms with Crippen LogP contribution in [0.3, 0.4) is 0 Å². The lowest BCUT2D eigenvalue weighted by Crippen LogP contribution is -2.18. The second-order valence-corrected chi connectivity index (χ2v) is 3.45. The number of hydrogen-bond donors (Lipinski definition) is 1. The van der Waals surface area contributed by atoms with Crippen LogP contribution in [0.4, 0.5) is 0 Å². The summed E-state index contributed by atoms with van der Waals surface area (Å²) < 4.78 is 0. The Bertz CT molecular complexity index is 214. The third-order valence-corrected chi connectivity index (χ3v) is 1.55. The van der Waals surface area contributed by atoms with Crippen LogP contribution in [0.5, 0.6) is 0 Å². The van der Waals surface area contributed by atoms with Crippen LogP contribution >= 0.6 is 0 Å². The number of carbonyl (C=O) groups excluding carboxylic acids is 1. The second kappa shape index (κ2) is 5.67. The Kier molecular flexibility index (Phi) is 5.26. The molecule has 0 saturated carbocycles. The van der Waals surface area contributed by atoms with Crippen molar-refractivity contribution in [3.05, 3.63) is 23.8 Å². The molecule has 0 aliphatic heterocycles. The third-order valence-electron chi connectivity index (χ3n) is 1.55.